The molecule has 0 aliphatic rings. The highest BCUT2D eigenvalue weighted by atomic mass is 16.2. The molecule has 6 N–H and O–H groups in total. The molecule has 0 aromatic rings. The van der Waals surface area contributed by atoms with Crippen molar-refractivity contribution in [1.29, 1.82) is 0 Å². The van der Waals surface area contributed by atoms with Gasteiger partial charge in [0.05, 0.1) is 0 Å². The first-order valence-electron chi connectivity index (χ1n) is 29.4. The van der Waals surface area contributed by atoms with Crippen LogP contribution in [0.15, 0.2) is 0 Å². The number of carbonyl (C=O) groups excluding carboxylic acids is 3. The second-order valence-electron chi connectivity index (χ2n) is 20.7. The molecule has 0 saturated carbocycles. The van der Waals surface area contributed by atoms with E-state index in [1.807, 2.05) is 0 Å². The third kappa shape index (κ3) is 50.4. The van der Waals surface area contributed by atoms with Crippen LogP contribution in [0, 0.1) is 0 Å². The normalized spacial score (nSPS) is 12.9. The van der Waals surface area contributed by atoms with Gasteiger partial charge in [-0.1, -0.05) is 213 Å². The predicted octanol–water partition coefficient (Wildman–Crippen LogP) is 12.7. The van der Waals surface area contributed by atoms with E-state index < -0.39 is 0 Å². The summed E-state index contributed by atoms with van der Waals surface area (Å²) >= 11 is 0. The van der Waals surface area contributed by atoms with Gasteiger partial charge in [0.2, 0.25) is 17.7 Å². The molecule has 3 amide bonds. The Balaban J connectivity index is 4.43. The van der Waals surface area contributed by atoms with E-state index >= 15 is 0 Å². The van der Waals surface area contributed by atoms with Gasteiger partial charge in [0, 0.05) is 96.3 Å². The Kier molecular flexibility index (Phi) is 50.7. The van der Waals surface area contributed by atoms with E-state index in [2.05, 4.69) is 78.3 Å². The maximum atomic E-state index is 13.0. The zero-order chi connectivity index (χ0) is 49.1. The molecule has 67 heavy (non-hydrogen) atoms. The highest BCUT2D eigenvalue weighted by Gasteiger charge is 2.13. The van der Waals surface area contributed by atoms with Gasteiger partial charge >= 0.3 is 0 Å². The molecular weight excluding hydrogens is 831 g/mol. The van der Waals surface area contributed by atoms with Crippen molar-refractivity contribution < 1.29 is 14.4 Å². The van der Waals surface area contributed by atoms with Gasteiger partial charge in [-0.15, -0.1) is 0 Å². The number of amides is 3. The number of hydrogen-bond acceptors (Lipinski definition) is 7. The van der Waals surface area contributed by atoms with Crippen LogP contribution < -0.4 is 31.9 Å². The van der Waals surface area contributed by atoms with Crippen LogP contribution in [0.25, 0.3) is 0 Å². The Hall–Kier alpha value is -1.75. The van der Waals surface area contributed by atoms with Gasteiger partial charge < -0.3 is 36.8 Å². The maximum Gasteiger partial charge on any atom is 0.221 e. The van der Waals surface area contributed by atoms with Crippen molar-refractivity contribution in [2.24, 2.45) is 0 Å². The summed E-state index contributed by atoms with van der Waals surface area (Å²) in [5.74, 6) is 0.395. The van der Waals surface area contributed by atoms with Crippen LogP contribution >= 0.6 is 0 Å². The van der Waals surface area contributed by atoms with Gasteiger partial charge in [0.15, 0.2) is 0 Å². The largest absolute Gasteiger partial charge is 0.354 e. The van der Waals surface area contributed by atoms with Gasteiger partial charge in [-0.05, 0) is 40.0 Å². The molecule has 0 spiro atoms. The van der Waals surface area contributed by atoms with E-state index in [0.717, 1.165) is 58.5 Å². The van der Waals surface area contributed by atoms with Crippen molar-refractivity contribution in [2.75, 3.05) is 58.9 Å². The third-order valence-corrected chi connectivity index (χ3v) is 13.6. The lowest BCUT2D eigenvalue weighted by Gasteiger charge is -2.23. The summed E-state index contributed by atoms with van der Waals surface area (Å²) < 4.78 is 0. The van der Waals surface area contributed by atoms with Crippen LogP contribution in [-0.2, 0) is 14.4 Å². The summed E-state index contributed by atoms with van der Waals surface area (Å²) in [6.45, 7) is 20.2. The molecule has 0 heterocycles. The SMILES string of the molecule is CCCCCCCCCCCCC(C)NC(=O)CCNCCNCCN(CCNCCC(=O)NC(C)CCCCCCCCCCCC)CCC(=O)NC(C)CCCCCCCCCCCC. The molecule has 10 nitrogen and oxygen atoms in total. The number of hydrogen-bond donors (Lipinski definition) is 6. The number of nitrogens with zero attached hydrogens (tertiary/aromatic N) is 1. The Morgan fingerprint density at radius 2 is 0.567 bits per heavy atom. The molecule has 3 unspecified atom stereocenters. The fraction of sp³-hybridized carbons (Fsp3) is 0.947. The first-order chi connectivity index (χ1) is 32.7. The number of carbonyl (C=O) groups is 3. The van der Waals surface area contributed by atoms with Gasteiger partial charge in [0.1, 0.15) is 0 Å². The molecule has 10 heteroatoms. The van der Waals surface area contributed by atoms with Crippen molar-refractivity contribution in [2.45, 2.75) is 291 Å². The highest BCUT2D eigenvalue weighted by molar-refractivity contribution is 5.77. The minimum atomic E-state index is 0.125. The van der Waals surface area contributed by atoms with E-state index in [4.69, 9.17) is 0 Å². The molecule has 3 atom stereocenters. The lowest BCUT2D eigenvalue weighted by Crippen LogP contribution is -2.41. The van der Waals surface area contributed by atoms with E-state index in [-0.39, 0.29) is 35.8 Å². The zero-order valence-electron chi connectivity index (χ0n) is 45.7. The topological polar surface area (TPSA) is 127 Å². The minimum absolute atomic E-state index is 0.125. The molecule has 0 aliphatic heterocycles. The smallest absolute Gasteiger partial charge is 0.221 e. The van der Waals surface area contributed by atoms with Crippen LogP contribution in [0.3, 0.4) is 0 Å². The summed E-state index contributed by atoms with van der Waals surface area (Å²) in [5, 5.41) is 20.1. The average molecular weight is 949 g/mol. The van der Waals surface area contributed by atoms with Crippen LogP contribution in [0.1, 0.15) is 273 Å². The summed E-state index contributed by atoms with van der Waals surface area (Å²) in [6.07, 6.45) is 44.6. The van der Waals surface area contributed by atoms with Crippen molar-refractivity contribution in [1.82, 2.24) is 36.8 Å². The van der Waals surface area contributed by atoms with E-state index in [0.29, 0.717) is 38.9 Å². The van der Waals surface area contributed by atoms with E-state index in [9.17, 15) is 14.4 Å². The first-order valence-corrected chi connectivity index (χ1v) is 29.4. The molecule has 0 aromatic carbocycles. The summed E-state index contributed by atoms with van der Waals surface area (Å²) in [6, 6.07) is 0.668. The lowest BCUT2D eigenvalue weighted by atomic mass is 10.0. The fourth-order valence-electron chi connectivity index (χ4n) is 9.10. The molecule has 398 valence electrons. The average Bonchev–Trinajstić information content (AvgIpc) is 3.30. The maximum absolute atomic E-state index is 13.0. The lowest BCUT2D eigenvalue weighted by molar-refractivity contribution is -0.122. The molecular formula is C57H117N7O3. The minimum Gasteiger partial charge on any atom is -0.354 e. The van der Waals surface area contributed by atoms with Crippen molar-refractivity contribution in [3.63, 3.8) is 0 Å². The summed E-state index contributed by atoms with van der Waals surface area (Å²) in [5.41, 5.74) is 0. The van der Waals surface area contributed by atoms with Crippen molar-refractivity contribution in [3.05, 3.63) is 0 Å². The Labute approximate surface area is 417 Å². The van der Waals surface area contributed by atoms with Gasteiger partial charge in [-0.2, -0.15) is 0 Å². The fourth-order valence-corrected chi connectivity index (χ4v) is 9.10. The summed E-state index contributed by atoms with van der Waals surface area (Å²) in [7, 11) is 0. The number of nitrogens with one attached hydrogen (secondary N) is 6. The second kappa shape index (κ2) is 52.1. The predicted molar refractivity (Wildman–Crippen MR) is 291 cm³/mol. The molecule has 0 fully saturated rings. The van der Waals surface area contributed by atoms with Gasteiger partial charge in [0.25, 0.3) is 0 Å². The zero-order valence-corrected chi connectivity index (χ0v) is 45.7. The van der Waals surface area contributed by atoms with Crippen LogP contribution in [0.2, 0.25) is 0 Å². The van der Waals surface area contributed by atoms with Crippen LogP contribution in [0.4, 0.5) is 0 Å². The molecule has 0 rings (SSSR count). The quantitative estimate of drug-likeness (QED) is 0.0335. The monoisotopic (exact) mass is 948 g/mol. The number of rotatable bonds is 54. The van der Waals surface area contributed by atoms with Gasteiger partial charge in [-0.25, -0.2) is 0 Å². The van der Waals surface area contributed by atoms with Crippen molar-refractivity contribution >= 4 is 17.7 Å². The van der Waals surface area contributed by atoms with Crippen LogP contribution in [0.5, 0.6) is 0 Å². The standard InChI is InChI=1S/C57H117N7O3/c1-7-10-13-16-19-22-25-28-31-34-37-52(4)61-55(65)40-43-58-45-46-60-48-51-64(49-42-57(67)63-54(6)39-36-33-30-27-24-21-18-15-12-9-3)50-47-59-44-41-56(66)62-53(5)38-35-32-29-26-23-20-17-14-11-8-2/h52-54,58-60H,7-51H2,1-6H3,(H,61,65)(H,62,66)(H,63,67). The molecule has 0 radical (unpaired) electrons. The Morgan fingerprint density at radius 1 is 0.313 bits per heavy atom. The molecule has 0 bridgehead atoms. The third-order valence-electron chi connectivity index (χ3n) is 13.6. The molecule has 0 aliphatic carbocycles. The van der Waals surface area contributed by atoms with Crippen LogP contribution in [-0.4, -0.2) is 99.6 Å². The van der Waals surface area contributed by atoms with Crippen molar-refractivity contribution in [3.8, 4) is 0 Å². The second-order valence-corrected chi connectivity index (χ2v) is 20.7. The number of unbranched alkanes of at least 4 members (excludes halogenated alkanes) is 27. The molecule has 0 aromatic heterocycles. The Morgan fingerprint density at radius 3 is 0.881 bits per heavy atom. The first kappa shape index (κ1) is 65.2. The summed E-state index contributed by atoms with van der Waals surface area (Å²) in [4.78, 5) is 40.5. The van der Waals surface area contributed by atoms with E-state index in [1.54, 1.807) is 0 Å². The van der Waals surface area contributed by atoms with E-state index in [1.165, 1.54) is 193 Å². The Bertz CT molecular complexity index is 1060. The highest BCUT2D eigenvalue weighted by Crippen LogP contribution is 2.15. The molecule has 0 saturated heterocycles. The van der Waals surface area contributed by atoms with Gasteiger partial charge in [-0.3, -0.25) is 14.4 Å².